The van der Waals surface area contributed by atoms with Crippen LogP contribution in [0.1, 0.15) is 39.2 Å². The first kappa shape index (κ1) is 22.2. The number of anilines is 2. The van der Waals surface area contributed by atoms with Gasteiger partial charge in [0.15, 0.2) is 0 Å². The van der Waals surface area contributed by atoms with Gasteiger partial charge in [0.25, 0.3) is 0 Å². The van der Waals surface area contributed by atoms with Gasteiger partial charge in [-0.05, 0) is 56.0 Å². The normalized spacial score (nSPS) is 16.2. The Labute approximate surface area is 179 Å². The summed E-state index contributed by atoms with van der Waals surface area (Å²) < 4.78 is 31.1. The van der Waals surface area contributed by atoms with Crippen LogP contribution in [0.2, 0.25) is 0 Å². The summed E-state index contributed by atoms with van der Waals surface area (Å²) in [6.07, 6.45) is 3.80. The molecule has 0 saturated carbocycles. The molecule has 0 aromatic heterocycles. The Bertz CT molecular complexity index is 1030. The van der Waals surface area contributed by atoms with E-state index in [1.54, 1.807) is 19.1 Å². The maximum atomic E-state index is 12.3. The fourth-order valence-corrected chi connectivity index (χ4v) is 4.43. The molecule has 1 amide bonds. The molecular weight excluding hydrogens is 400 g/mol. The lowest BCUT2D eigenvalue weighted by molar-refractivity contribution is -0.117. The van der Waals surface area contributed by atoms with Gasteiger partial charge in [0.1, 0.15) is 5.75 Å². The quantitative estimate of drug-likeness (QED) is 0.688. The number of fused-ring (bicyclic) bond motifs is 1. The number of hydrogen-bond donors (Lipinski definition) is 0. The molecule has 0 spiro atoms. The topological polar surface area (TPSA) is 66.9 Å². The molecule has 6 nitrogen and oxygen atoms in total. The molecule has 2 aromatic rings. The van der Waals surface area contributed by atoms with Crippen LogP contribution in [-0.2, 0) is 21.2 Å². The molecule has 0 unspecified atom stereocenters. The monoisotopic (exact) mass is 430 g/mol. The molecule has 30 heavy (non-hydrogen) atoms. The molecule has 3 rings (SSSR count). The Hall–Kier alpha value is -2.54. The van der Waals surface area contributed by atoms with Crippen molar-refractivity contribution in [3.05, 3.63) is 42.0 Å². The molecule has 1 heterocycles. The van der Waals surface area contributed by atoms with Crippen LogP contribution in [0.5, 0.6) is 5.75 Å². The number of amides is 1. The Balaban J connectivity index is 2.08. The zero-order valence-corrected chi connectivity index (χ0v) is 19.1. The van der Waals surface area contributed by atoms with E-state index in [0.29, 0.717) is 12.3 Å². The van der Waals surface area contributed by atoms with Crippen molar-refractivity contribution in [1.82, 2.24) is 0 Å². The van der Waals surface area contributed by atoms with Crippen LogP contribution in [0.3, 0.4) is 0 Å². The van der Waals surface area contributed by atoms with Gasteiger partial charge in [-0.3, -0.25) is 9.10 Å². The van der Waals surface area contributed by atoms with Crippen molar-refractivity contribution in [3.63, 3.8) is 0 Å². The van der Waals surface area contributed by atoms with Crippen LogP contribution in [0.25, 0.3) is 11.1 Å². The Morgan fingerprint density at radius 3 is 2.43 bits per heavy atom. The summed E-state index contributed by atoms with van der Waals surface area (Å²) >= 11 is 0. The smallest absolute Gasteiger partial charge is 0.231 e. The van der Waals surface area contributed by atoms with E-state index in [1.165, 1.54) is 17.6 Å². The summed E-state index contributed by atoms with van der Waals surface area (Å²) in [4.78, 5) is 14.1. The van der Waals surface area contributed by atoms with Crippen molar-refractivity contribution < 1.29 is 17.9 Å². The second-order valence-corrected chi connectivity index (χ2v) is 9.86. The zero-order chi connectivity index (χ0) is 22.1. The molecule has 162 valence electrons. The van der Waals surface area contributed by atoms with E-state index in [0.717, 1.165) is 47.4 Å². The van der Waals surface area contributed by atoms with Crippen LogP contribution in [0.4, 0.5) is 11.4 Å². The lowest BCUT2D eigenvalue weighted by Gasteiger charge is -2.36. The first-order valence-corrected chi connectivity index (χ1v) is 12.1. The van der Waals surface area contributed by atoms with Crippen LogP contribution in [0, 0.1) is 0 Å². The molecule has 0 N–H and O–H groups in total. The summed E-state index contributed by atoms with van der Waals surface area (Å²) in [5.41, 5.74) is 4.49. The van der Waals surface area contributed by atoms with Crippen LogP contribution in [-0.4, -0.2) is 40.3 Å². The van der Waals surface area contributed by atoms with Gasteiger partial charge in [0.05, 0.1) is 24.2 Å². The van der Waals surface area contributed by atoms with E-state index in [2.05, 4.69) is 13.8 Å². The van der Waals surface area contributed by atoms with Gasteiger partial charge >= 0.3 is 0 Å². The van der Waals surface area contributed by atoms with Crippen molar-refractivity contribution in [2.75, 3.05) is 29.1 Å². The molecule has 7 heteroatoms. The largest absolute Gasteiger partial charge is 0.493 e. The maximum absolute atomic E-state index is 12.3. The van der Waals surface area contributed by atoms with Crippen molar-refractivity contribution in [2.24, 2.45) is 0 Å². The minimum Gasteiger partial charge on any atom is -0.493 e. The zero-order valence-electron chi connectivity index (χ0n) is 18.3. The van der Waals surface area contributed by atoms with Gasteiger partial charge in [0, 0.05) is 31.1 Å². The number of ether oxygens (including phenoxy) is 1. The molecule has 0 aliphatic carbocycles. The lowest BCUT2D eigenvalue weighted by Crippen LogP contribution is -2.40. The van der Waals surface area contributed by atoms with E-state index in [4.69, 9.17) is 4.74 Å². The summed E-state index contributed by atoms with van der Waals surface area (Å²) in [6, 6.07) is 11.6. The molecule has 0 saturated heterocycles. The summed E-state index contributed by atoms with van der Waals surface area (Å²) in [5.74, 6) is 0.850. The third-order valence-electron chi connectivity index (χ3n) is 5.58. The number of hydrogen-bond acceptors (Lipinski definition) is 4. The fourth-order valence-electron chi connectivity index (χ4n) is 3.92. The average Bonchev–Trinajstić information content (AvgIpc) is 2.70. The van der Waals surface area contributed by atoms with Gasteiger partial charge in [-0.25, -0.2) is 8.42 Å². The van der Waals surface area contributed by atoms with Crippen molar-refractivity contribution >= 4 is 27.3 Å². The van der Waals surface area contributed by atoms with Gasteiger partial charge < -0.3 is 9.64 Å². The second kappa shape index (κ2) is 8.68. The van der Waals surface area contributed by atoms with Crippen molar-refractivity contribution in [1.29, 1.82) is 0 Å². The summed E-state index contributed by atoms with van der Waals surface area (Å²) in [5, 5.41) is 0. The van der Waals surface area contributed by atoms with Gasteiger partial charge in [-0.1, -0.05) is 19.1 Å². The van der Waals surface area contributed by atoms with Crippen molar-refractivity contribution in [3.8, 4) is 16.9 Å². The number of nitrogens with zero attached hydrogens (tertiary/aromatic N) is 2. The Morgan fingerprint density at radius 2 is 1.87 bits per heavy atom. The molecule has 0 bridgehead atoms. The van der Waals surface area contributed by atoms with E-state index in [9.17, 15) is 13.2 Å². The molecule has 1 atom stereocenters. The van der Waals surface area contributed by atoms with Crippen LogP contribution in [0.15, 0.2) is 36.4 Å². The highest BCUT2D eigenvalue weighted by atomic mass is 32.2. The first-order valence-electron chi connectivity index (χ1n) is 10.3. The number of sulfonamides is 1. The number of benzene rings is 2. The fraction of sp³-hybridized carbons (Fsp3) is 0.435. The Morgan fingerprint density at radius 1 is 1.20 bits per heavy atom. The van der Waals surface area contributed by atoms with E-state index < -0.39 is 10.0 Å². The second-order valence-electron chi connectivity index (χ2n) is 7.84. The SMILES string of the molecule is CCCOc1c(-c2ccc(N(C)S(C)(=O)=O)cc2)ccc2c1CC[C@H](C)N2C(C)=O. The van der Waals surface area contributed by atoms with E-state index in [1.807, 2.05) is 29.2 Å². The third kappa shape index (κ3) is 4.31. The molecule has 1 aliphatic heterocycles. The maximum Gasteiger partial charge on any atom is 0.231 e. The summed E-state index contributed by atoms with van der Waals surface area (Å²) in [6.45, 7) is 6.33. The van der Waals surface area contributed by atoms with E-state index in [-0.39, 0.29) is 11.9 Å². The van der Waals surface area contributed by atoms with Gasteiger partial charge in [-0.2, -0.15) is 0 Å². The first-order chi connectivity index (χ1) is 14.1. The predicted molar refractivity (Wildman–Crippen MR) is 122 cm³/mol. The lowest BCUT2D eigenvalue weighted by atomic mass is 9.91. The van der Waals surface area contributed by atoms with Crippen molar-refractivity contribution in [2.45, 2.75) is 46.1 Å². The standard InChI is InChI=1S/C23H30N2O4S/c1-6-15-29-23-20(18-8-10-19(11-9-18)24(4)30(5,27)28)13-14-22-21(23)12-7-16(2)25(22)17(3)26/h8-11,13-14,16H,6-7,12,15H2,1-5H3/t16-/m0/s1. The highest BCUT2D eigenvalue weighted by molar-refractivity contribution is 7.92. The number of rotatable bonds is 6. The van der Waals surface area contributed by atoms with Crippen LogP contribution < -0.4 is 13.9 Å². The Kier molecular flexibility index (Phi) is 6.41. The molecule has 0 radical (unpaired) electrons. The highest BCUT2D eigenvalue weighted by Crippen LogP contribution is 2.43. The van der Waals surface area contributed by atoms with Crippen LogP contribution >= 0.6 is 0 Å². The number of carbonyl (C=O) groups is 1. The molecule has 0 fully saturated rings. The highest BCUT2D eigenvalue weighted by Gasteiger charge is 2.29. The minimum absolute atomic E-state index is 0.0332. The minimum atomic E-state index is -3.31. The van der Waals surface area contributed by atoms with Gasteiger partial charge in [0.2, 0.25) is 15.9 Å². The molecule has 2 aromatic carbocycles. The van der Waals surface area contributed by atoms with Gasteiger partial charge in [-0.15, -0.1) is 0 Å². The number of carbonyl (C=O) groups excluding carboxylic acids is 1. The van der Waals surface area contributed by atoms with E-state index >= 15 is 0 Å². The average molecular weight is 431 g/mol. The predicted octanol–water partition coefficient (Wildman–Crippen LogP) is 4.23. The summed E-state index contributed by atoms with van der Waals surface area (Å²) in [7, 11) is -1.78. The molecule has 1 aliphatic rings. The molecular formula is C23H30N2O4S. The third-order valence-corrected chi connectivity index (χ3v) is 6.78.